The Hall–Kier alpha value is -1.02. The van der Waals surface area contributed by atoms with E-state index in [1.807, 2.05) is 0 Å². The maximum Gasteiger partial charge on any atom is 0.0624 e. The SMILES string of the molecule is CCC(CC#N)C(CC)CC#N. The van der Waals surface area contributed by atoms with Crippen LogP contribution in [-0.4, -0.2) is 0 Å². The molecule has 2 atom stereocenters. The highest BCUT2D eigenvalue weighted by atomic mass is 14.3. The lowest BCUT2D eigenvalue weighted by Crippen LogP contribution is -2.12. The highest BCUT2D eigenvalue weighted by molar-refractivity contribution is 4.84. The molecule has 0 heterocycles. The molecule has 0 saturated carbocycles. The zero-order valence-corrected chi connectivity index (χ0v) is 7.88. The number of hydrogen-bond acceptors (Lipinski definition) is 2. The van der Waals surface area contributed by atoms with Crippen molar-refractivity contribution in [3.63, 3.8) is 0 Å². The smallest absolute Gasteiger partial charge is 0.0624 e. The molecule has 0 bridgehead atoms. The van der Waals surface area contributed by atoms with Crippen molar-refractivity contribution < 1.29 is 0 Å². The molecule has 0 fully saturated rings. The number of nitrogens with zero attached hydrogens (tertiary/aromatic N) is 2. The van der Waals surface area contributed by atoms with Crippen molar-refractivity contribution in [1.29, 1.82) is 10.5 Å². The van der Waals surface area contributed by atoms with Crippen LogP contribution in [0.5, 0.6) is 0 Å². The molecule has 0 aromatic heterocycles. The molecule has 0 spiro atoms. The molecular formula is C10H16N2. The molecule has 2 heteroatoms. The largest absolute Gasteiger partial charge is 0.198 e. The van der Waals surface area contributed by atoms with Gasteiger partial charge in [-0.15, -0.1) is 0 Å². The maximum atomic E-state index is 8.55. The van der Waals surface area contributed by atoms with E-state index < -0.39 is 0 Å². The molecule has 0 aliphatic rings. The third-order valence-corrected chi connectivity index (χ3v) is 2.42. The van der Waals surface area contributed by atoms with Crippen molar-refractivity contribution in [3.05, 3.63) is 0 Å². The summed E-state index contributed by atoms with van der Waals surface area (Å²) in [7, 11) is 0. The van der Waals surface area contributed by atoms with Gasteiger partial charge in [-0.1, -0.05) is 26.7 Å². The van der Waals surface area contributed by atoms with E-state index in [2.05, 4.69) is 26.0 Å². The Balaban J connectivity index is 4.06. The second-order valence-electron chi connectivity index (χ2n) is 3.06. The lowest BCUT2D eigenvalue weighted by atomic mass is 9.84. The molecule has 0 saturated heterocycles. The first-order valence-corrected chi connectivity index (χ1v) is 4.53. The van der Waals surface area contributed by atoms with E-state index in [0.717, 1.165) is 12.8 Å². The molecule has 0 N–H and O–H groups in total. The third-order valence-electron chi connectivity index (χ3n) is 2.42. The van der Waals surface area contributed by atoms with Crippen molar-refractivity contribution in [2.75, 3.05) is 0 Å². The van der Waals surface area contributed by atoms with E-state index in [4.69, 9.17) is 10.5 Å². The summed E-state index contributed by atoms with van der Waals surface area (Å²) in [6.45, 7) is 4.17. The van der Waals surface area contributed by atoms with Gasteiger partial charge >= 0.3 is 0 Å². The van der Waals surface area contributed by atoms with E-state index in [9.17, 15) is 0 Å². The Morgan fingerprint density at radius 2 is 1.25 bits per heavy atom. The van der Waals surface area contributed by atoms with Crippen molar-refractivity contribution >= 4 is 0 Å². The predicted octanol–water partition coefficient (Wildman–Crippen LogP) is 2.87. The van der Waals surface area contributed by atoms with Gasteiger partial charge in [0.05, 0.1) is 12.1 Å². The van der Waals surface area contributed by atoms with E-state index in [0.29, 0.717) is 24.7 Å². The first kappa shape index (κ1) is 11.0. The average Bonchev–Trinajstić information content (AvgIpc) is 2.11. The van der Waals surface area contributed by atoms with Crippen molar-refractivity contribution in [1.82, 2.24) is 0 Å². The minimum Gasteiger partial charge on any atom is -0.198 e. The number of rotatable bonds is 5. The second-order valence-corrected chi connectivity index (χ2v) is 3.06. The van der Waals surface area contributed by atoms with Crippen LogP contribution in [-0.2, 0) is 0 Å². The summed E-state index contributed by atoms with van der Waals surface area (Å²) < 4.78 is 0. The zero-order chi connectivity index (χ0) is 9.40. The quantitative estimate of drug-likeness (QED) is 0.627. The van der Waals surface area contributed by atoms with Crippen LogP contribution in [0.25, 0.3) is 0 Å². The molecular weight excluding hydrogens is 148 g/mol. The van der Waals surface area contributed by atoms with Crippen LogP contribution in [0.1, 0.15) is 39.5 Å². The molecule has 2 nitrogen and oxygen atoms in total. The number of nitriles is 2. The van der Waals surface area contributed by atoms with Crippen LogP contribution in [0.2, 0.25) is 0 Å². The molecule has 0 aliphatic carbocycles. The van der Waals surface area contributed by atoms with E-state index in [1.165, 1.54) is 0 Å². The fourth-order valence-electron chi connectivity index (χ4n) is 1.52. The molecule has 0 aliphatic heterocycles. The van der Waals surface area contributed by atoms with Gasteiger partial charge in [0.1, 0.15) is 0 Å². The summed E-state index contributed by atoms with van der Waals surface area (Å²) >= 11 is 0. The normalized spacial score (nSPS) is 14.3. The van der Waals surface area contributed by atoms with Crippen molar-refractivity contribution in [2.24, 2.45) is 11.8 Å². The summed E-state index contributed by atoms with van der Waals surface area (Å²) in [5.74, 6) is 0.833. The van der Waals surface area contributed by atoms with Gasteiger partial charge in [-0.2, -0.15) is 10.5 Å². The molecule has 0 amide bonds. The Morgan fingerprint density at radius 3 is 1.42 bits per heavy atom. The van der Waals surface area contributed by atoms with Gasteiger partial charge in [0.25, 0.3) is 0 Å². The van der Waals surface area contributed by atoms with Gasteiger partial charge in [-0.3, -0.25) is 0 Å². The average molecular weight is 164 g/mol. The summed E-state index contributed by atoms with van der Waals surface area (Å²) in [6, 6.07) is 4.37. The van der Waals surface area contributed by atoms with E-state index in [1.54, 1.807) is 0 Å². The van der Waals surface area contributed by atoms with E-state index >= 15 is 0 Å². The molecule has 0 rings (SSSR count). The monoisotopic (exact) mass is 164 g/mol. The maximum absolute atomic E-state index is 8.55. The molecule has 0 radical (unpaired) electrons. The second kappa shape index (κ2) is 6.68. The van der Waals surface area contributed by atoms with E-state index in [-0.39, 0.29) is 0 Å². The highest BCUT2D eigenvalue weighted by Gasteiger charge is 2.17. The van der Waals surface area contributed by atoms with Gasteiger partial charge in [-0.05, 0) is 11.8 Å². The Labute approximate surface area is 74.8 Å². The Bertz CT molecular complexity index is 163. The van der Waals surface area contributed by atoms with Gasteiger partial charge in [-0.25, -0.2) is 0 Å². The highest BCUT2D eigenvalue weighted by Crippen LogP contribution is 2.24. The first-order valence-electron chi connectivity index (χ1n) is 4.53. The minimum atomic E-state index is 0.416. The zero-order valence-electron chi connectivity index (χ0n) is 7.88. The molecule has 0 aromatic rings. The van der Waals surface area contributed by atoms with Gasteiger partial charge in [0.2, 0.25) is 0 Å². The first-order chi connectivity index (χ1) is 5.79. The van der Waals surface area contributed by atoms with Crippen LogP contribution < -0.4 is 0 Å². The fourth-order valence-corrected chi connectivity index (χ4v) is 1.52. The summed E-state index contributed by atoms with van der Waals surface area (Å²) in [6.07, 6.45) is 3.20. The molecule has 0 aromatic carbocycles. The van der Waals surface area contributed by atoms with Crippen LogP contribution >= 0.6 is 0 Å². The van der Waals surface area contributed by atoms with Gasteiger partial charge in [0, 0.05) is 12.8 Å². The van der Waals surface area contributed by atoms with Crippen LogP contribution in [0, 0.1) is 34.5 Å². The van der Waals surface area contributed by atoms with Crippen molar-refractivity contribution in [2.45, 2.75) is 39.5 Å². The molecule has 12 heavy (non-hydrogen) atoms. The van der Waals surface area contributed by atoms with Crippen LogP contribution in [0.4, 0.5) is 0 Å². The lowest BCUT2D eigenvalue weighted by molar-refractivity contribution is 0.322. The molecule has 2 unspecified atom stereocenters. The summed E-state index contributed by atoms with van der Waals surface area (Å²) in [5.41, 5.74) is 0. The topological polar surface area (TPSA) is 47.6 Å². The van der Waals surface area contributed by atoms with Gasteiger partial charge in [0.15, 0.2) is 0 Å². The lowest BCUT2D eigenvalue weighted by Gasteiger charge is -2.19. The van der Waals surface area contributed by atoms with Gasteiger partial charge < -0.3 is 0 Å². The third kappa shape index (κ3) is 3.39. The summed E-state index contributed by atoms with van der Waals surface area (Å²) in [5, 5.41) is 17.1. The van der Waals surface area contributed by atoms with Crippen molar-refractivity contribution in [3.8, 4) is 12.1 Å². The Kier molecular flexibility index (Phi) is 6.11. The minimum absolute atomic E-state index is 0.416. The van der Waals surface area contributed by atoms with Crippen LogP contribution in [0.3, 0.4) is 0 Å². The number of hydrogen-bond donors (Lipinski definition) is 0. The molecule has 66 valence electrons. The predicted molar refractivity (Wildman–Crippen MR) is 48.0 cm³/mol. The fraction of sp³-hybridized carbons (Fsp3) is 0.800. The Morgan fingerprint density at radius 1 is 0.917 bits per heavy atom. The van der Waals surface area contributed by atoms with Crippen LogP contribution in [0.15, 0.2) is 0 Å². The standard InChI is InChI=1S/C10H16N2/c1-3-9(5-7-11)10(4-2)6-8-12/h9-10H,3-6H2,1-2H3. The summed E-state index contributed by atoms with van der Waals surface area (Å²) in [4.78, 5) is 0.